The van der Waals surface area contributed by atoms with Gasteiger partial charge in [0.25, 0.3) is 0 Å². The van der Waals surface area contributed by atoms with Crippen molar-refractivity contribution in [3.05, 3.63) is 59.7 Å². The van der Waals surface area contributed by atoms with Crippen LogP contribution in [0.1, 0.15) is 44.6 Å². The Hall–Kier alpha value is -1.42. The van der Waals surface area contributed by atoms with Crippen LogP contribution in [-0.2, 0) is 11.2 Å². The van der Waals surface area contributed by atoms with Crippen LogP contribution in [0.5, 0.6) is 0 Å². The molecule has 1 unspecified atom stereocenters. The molecule has 2 spiro atoms. The third-order valence-corrected chi connectivity index (χ3v) is 6.11. The van der Waals surface area contributed by atoms with E-state index in [-0.39, 0.29) is 23.2 Å². The van der Waals surface area contributed by atoms with Gasteiger partial charge in [-0.2, -0.15) is 0 Å². The average Bonchev–Trinajstić information content (AvgIpc) is 3.49. The predicted octanol–water partition coefficient (Wildman–Crippen LogP) is 3.56. The Kier molecular flexibility index (Phi) is 4.35. The van der Waals surface area contributed by atoms with E-state index in [1.807, 2.05) is 6.07 Å². The zero-order valence-electron chi connectivity index (χ0n) is 14.9. The first kappa shape index (κ1) is 17.0. The van der Waals surface area contributed by atoms with Gasteiger partial charge in [0.15, 0.2) is 0 Å². The second kappa shape index (κ2) is 6.39. The van der Waals surface area contributed by atoms with Crippen LogP contribution in [0.25, 0.3) is 0 Å². The van der Waals surface area contributed by atoms with E-state index in [9.17, 15) is 10.2 Å². The molecule has 3 aliphatic rings. The molecule has 0 bridgehead atoms. The lowest BCUT2D eigenvalue weighted by molar-refractivity contribution is -0.174. The van der Waals surface area contributed by atoms with E-state index in [1.165, 1.54) is 11.1 Å². The maximum Gasteiger partial charge on any atom is 0.0978 e. The minimum atomic E-state index is -0.398. The lowest BCUT2D eigenvalue weighted by Gasteiger charge is -2.40. The summed E-state index contributed by atoms with van der Waals surface area (Å²) in [5.74, 6) is 0. The van der Waals surface area contributed by atoms with Gasteiger partial charge in [-0.05, 0) is 44.6 Å². The Morgan fingerprint density at radius 1 is 1.24 bits per heavy atom. The Labute approximate surface area is 150 Å². The first-order chi connectivity index (χ1) is 12.0. The standard InChI is InChI=1S/C22H28O3/c1-16(13-17-8-3-2-4-9-17)7-5-6-10-18-20(24)21(11-12-21)15-22(25-18)14-19(22)23/h2-9,18-20,23-24H,10-15H2,1H3/b6-5-,16-7+/t18?,19-,20-,22+/m0/s1. The molecular weight excluding hydrogens is 312 g/mol. The highest BCUT2D eigenvalue weighted by Gasteiger charge is 2.68. The molecule has 2 N–H and O–H groups in total. The summed E-state index contributed by atoms with van der Waals surface area (Å²) >= 11 is 0. The topological polar surface area (TPSA) is 49.7 Å². The molecule has 0 radical (unpaired) electrons. The summed E-state index contributed by atoms with van der Waals surface area (Å²) in [6, 6.07) is 10.5. The number of aliphatic hydroxyl groups excluding tert-OH is 2. The molecule has 2 aliphatic carbocycles. The molecule has 4 rings (SSSR count). The van der Waals surface area contributed by atoms with Crippen molar-refractivity contribution in [1.29, 1.82) is 0 Å². The van der Waals surface area contributed by atoms with Crippen molar-refractivity contribution in [2.45, 2.75) is 69.4 Å². The molecule has 0 aromatic heterocycles. The zero-order chi connectivity index (χ0) is 17.5. The average molecular weight is 340 g/mol. The van der Waals surface area contributed by atoms with Crippen molar-refractivity contribution in [2.24, 2.45) is 5.41 Å². The van der Waals surface area contributed by atoms with Gasteiger partial charge in [-0.15, -0.1) is 0 Å². The van der Waals surface area contributed by atoms with E-state index in [1.54, 1.807) is 0 Å². The first-order valence-electron chi connectivity index (χ1n) is 9.43. The summed E-state index contributed by atoms with van der Waals surface area (Å²) in [5, 5.41) is 20.6. The summed E-state index contributed by atoms with van der Waals surface area (Å²) in [6.07, 6.45) is 10.7. The van der Waals surface area contributed by atoms with Crippen LogP contribution in [0, 0.1) is 5.41 Å². The van der Waals surface area contributed by atoms with Gasteiger partial charge >= 0.3 is 0 Å². The molecule has 1 aromatic rings. The molecule has 3 fully saturated rings. The molecule has 3 heteroatoms. The Balaban J connectivity index is 1.34. The highest BCUT2D eigenvalue weighted by atomic mass is 16.5. The number of benzene rings is 1. The van der Waals surface area contributed by atoms with Crippen molar-refractivity contribution in [3.8, 4) is 0 Å². The van der Waals surface area contributed by atoms with Gasteiger partial charge in [-0.1, -0.05) is 54.1 Å². The fourth-order valence-electron chi connectivity index (χ4n) is 4.32. The smallest absolute Gasteiger partial charge is 0.0978 e. The summed E-state index contributed by atoms with van der Waals surface area (Å²) in [6.45, 7) is 2.14. The summed E-state index contributed by atoms with van der Waals surface area (Å²) in [5.41, 5.74) is 2.29. The molecular formula is C22H28O3. The minimum absolute atomic E-state index is 0.0211. The predicted molar refractivity (Wildman–Crippen MR) is 98.2 cm³/mol. The van der Waals surface area contributed by atoms with Gasteiger partial charge in [0.1, 0.15) is 0 Å². The maximum absolute atomic E-state index is 10.7. The van der Waals surface area contributed by atoms with E-state index in [0.29, 0.717) is 6.42 Å². The van der Waals surface area contributed by atoms with Gasteiger partial charge in [0.05, 0.1) is 23.9 Å². The van der Waals surface area contributed by atoms with Gasteiger partial charge in [0.2, 0.25) is 0 Å². The highest BCUT2D eigenvalue weighted by molar-refractivity contribution is 5.23. The Bertz CT molecular complexity index is 674. The lowest BCUT2D eigenvalue weighted by Crippen LogP contribution is -2.48. The van der Waals surface area contributed by atoms with E-state index in [4.69, 9.17) is 4.74 Å². The van der Waals surface area contributed by atoms with Crippen LogP contribution in [0.3, 0.4) is 0 Å². The molecule has 1 aliphatic heterocycles. The van der Waals surface area contributed by atoms with E-state index in [2.05, 4.69) is 49.4 Å². The minimum Gasteiger partial charge on any atom is -0.390 e. The third kappa shape index (κ3) is 3.46. The molecule has 2 saturated carbocycles. The second-order valence-electron chi connectivity index (χ2n) is 8.26. The number of rotatable bonds is 5. The number of allylic oxidation sites excluding steroid dienone is 3. The van der Waals surface area contributed by atoms with E-state index in [0.717, 1.165) is 32.1 Å². The summed E-state index contributed by atoms with van der Waals surface area (Å²) in [4.78, 5) is 0. The molecule has 1 heterocycles. The van der Waals surface area contributed by atoms with Crippen molar-refractivity contribution in [3.63, 3.8) is 0 Å². The summed E-state index contributed by atoms with van der Waals surface area (Å²) < 4.78 is 6.12. The van der Waals surface area contributed by atoms with Crippen LogP contribution < -0.4 is 0 Å². The maximum atomic E-state index is 10.7. The monoisotopic (exact) mass is 340 g/mol. The molecule has 1 aromatic carbocycles. The zero-order valence-corrected chi connectivity index (χ0v) is 14.9. The Morgan fingerprint density at radius 2 is 1.96 bits per heavy atom. The molecule has 1 saturated heterocycles. The first-order valence-corrected chi connectivity index (χ1v) is 9.43. The number of hydrogen-bond donors (Lipinski definition) is 2. The third-order valence-electron chi connectivity index (χ3n) is 6.11. The van der Waals surface area contributed by atoms with Crippen LogP contribution in [-0.4, -0.2) is 34.1 Å². The Morgan fingerprint density at radius 3 is 2.60 bits per heavy atom. The lowest BCUT2D eigenvalue weighted by atomic mass is 9.83. The van der Waals surface area contributed by atoms with E-state index >= 15 is 0 Å². The van der Waals surface area contributed by atoms with Crippen LogP contribution in [0.15, 0.2) is 54.1 Å². The van der Waals surface area contributed by atoms with Gasteiger partial charge in [-0.3, -0.25) is 0 Å². The van der Waals surface area contributed by atoms with Gasteiger partial charge in [-0.25, -0.2) is 0 Å². The number of aliphatic hydroxyl groups is 2. The SMILES string of the molecule is C/C(=C\C=C/CC1O[C@]2(C[C@@H]2O)CC2(CC2)[C@H]1O)Cc1ccccc1. The normalized spacial score (nSPS) is 36.3. The van der Waals surface area contributed by atoms with Crippen molar-refractivity contribution in [1.82, 2.24) is 0 Å². The van der Waals surface area contributed by atoms with Crippen molar-refractivity contribution >= 4 is 0 Å². The fourth-order valence-corrected chi connectivity index (χ4v) is 4.32. The van der Waals surface area contributed by atoms with Crippen LogP contribution in [0.4, 0.5) is 0 Å². The molecule has 4 atom stereocenters. The molecule has 0 amide bonds. The van der Waals surface area contributed by atoms with Crippen LogP contribution >= 0.6 is 0 Å². The highest BCUT2D eigenvalue weighted by Crippen LogP contribution is 2.64. The van der Waals surface area contributed by atoms with Gasteiger partial charge in [0, 0.05) is 11.8 Å². The van der Waals surface area contributed by atoms with Gasteiger partial charge < -0.3 is 14.9 Å². The number of ether oxygens (including phenoxy) is 1. The molecule has 25 heavy (non-hydrogen) atoms. The second-order valence-corrected chi connectivity index (χ2v) is 8.26. The van der Waals surface area contributed by atoms with E-state index < -0.39 is 6.10 Å². The number of hydrogen-bond acceptors (Lipinski definition) is 3. The quantitative estimate of drug-likeness (QED) is 0.806. The van der Waals surface area contributed by atoms with Crippen molar-refractivity contribution in [2.75, 3.05) is 0 Å². The van der Waals surface area contributed by atoms with Crippen molar-refractivity contribution < 1.29 is 14.9 Å². The molecule has 134 valence electrons. The fraction of sp³-hybridized carbons (Fsp3) is 0.545. The molecule has 3 nitrogen and oxygen atoms in total. The largest absolute Gasteiger partial charge is 0.390 e. The van der Waals surface area contributed by atoms with Crippen LogP contribution in [0.2, 0.25) is 0 Å². The summed E-state index contributed by atoms with van der Waals surface area (Å²) in [7, 11) is 0.